The van der Waals surface area contributed by atoms with Crippen LogP contribution in [0.1, 0.15) is 18.4 Å². The molecule has 2 rings (SSSR count). The quantitative estimate of drug-likeness (QED) is 0.881. The van der Waals surface area contributed by atoms with Gasteiger partial charge in [-0.15, -0.1) is 0 Å². The average molecular weight is 297 g/mol. The van der Waals surface area contributed by atoms with Crippen molar-refractivity contribution in [2.24, 2.45) is 5.92 Å². The number of carbonyl (C=O) groups is 1. The summed E-state index contributed by atoms with van der Waals surface area (Å²) < 4.78 is 0.986. The fourth-order valence-electron chi connectivity index (χ4n) is 2.04. The Hall–Kier alpha value is -0.870. The zero-order chi connectivity index (χ0) is 12.3. The standard InChI is InChI=1S/C13H17BrN2O/c1-9-4-5-11(14)7-12(9)16-13(17)10-3-2-6-15-8-10/h4-5,7,10,15H,2-3,6,8H2,1H3,(H,16,17)/t10-/m1/s1. The monoisotopic (exact) mass is 296 g/mol. The SMILES string of the molecule is Cc1ccc(Br)cc1NC(=O)[C@@H]1CCCNC1. The number of hydrogen-bond acceptors (Lipinski definition) is 2. The highest BCUT2D eigenvalue weighted by Crippen LogP contribution is 2.22. The van der Waals surface area contributed by atoms with E-state index in [1.807, 2.05) is 25.1 Å². The third-order valence-electron chi connectivity index (χ3n) is 3.13. The fraction of sp³-hybridized carbons (Fsp3) is 0.462. The second-order valence-electron chi connectivity index (χ2n) is 4.49. The lowest BCUT2D eigenvalue weighted by Crippen LogP contribution is -2.37. The normalized spacial score (nSPS) is 20.0. The minimum Gasteiger partial charge on any atom is -0.326 e. The summed E-state index contributed by atoms with van der Waals surface area (Å²) in [7, 11) is 0. The molecule has 1 fully saturated rings. The van der Waals surface area contributed by atoms with E-state index in [1.165, 1.54) is 0 Å². The summed E-state index contributed by atoms with van der Waals surface area (Å²) >= 11 is 3.42. The van der Waals surface area contributed by atoms with Gasteiger partial charge in [-0.3, -0.25) is 4.79 Å². The van der Waals surface area contributed by atoms with Gasteiger partial charge in [-0.2, -0.15) is 0 Å². The van der Waals surface area contributed by atoms with Gasteiger partial charge in [-0.25, -0.2) is 0 Å². The number of halogens is 1. The third-order valence-corrected chi connectivity index (χ3v) is 3.62. The van der Waals surface area contributed by atoms with Crippen molar-refractivity contribution >= 4 is 27.5 Å². The Morgan fingerprint density at radius 3 is 3.06 bits per heavy atom. The van der Waals surface area contributed by atoms with Crippen LogP contribution in [0.2, 0.25) is 0 Å². The summed E-state index contributed by atoms with van der Waals surface area (Å²) in [5, 5.41) is 6.27. The Bertz CT molecular complexity index is 414. The van der Waals surface area contributed by atoms with Gasteiger partial charge in [0.25, 0.3) is 0 Å². The van der Waals surface area contributed by atoms with E-state index in [0.29, 0.717) is 0 Å². The predicted octanol–water partition coefficient (Wildman–Crippen LogP) is 2.70. The van der Waals surface area contributed by atoms with E-state index in [1.54, 1.807) is 0 Å². The first kappa shape index (κ1) is 12.6. The van der Waals surface area contributed by atoms with Crippen LogP contribution < -0.4 is 10.6 Å². The van der Waals surface area contributed by atoms with Crippen LogP contribution in [0.15, 0.2) is 22.7 Å². The Labute approximate surface area is 110 Å². The van der Waals surface area contributed by atoms with E-state index in [0.717, 1.165) is 41.7 Å². The van der Waals surface area contributed by atoms with Crippen LogP contribution in [0.25, 0.3) is 0 Å². The van der Waals surface area contributed by atoms with Crippen LogP contribution in [0.3, 0.4) is 0 Å². The first-order valence-corrected chi connectivity index (χ1v) is 6.74. The molecule has 1 amide bonds. The summed E-state index contributed by atoms with van der Waals surface area (Å²) in [6, 6.07) is 5.93. The van der Waals surface area contributed by atoms with Gasteiger partial charge in [0.1, 0.15) is 0 Å². The van der Waals surface area contributed by atoms with Crippen LogP contribution in [0.4, 0.5) is 5.69 Å². The largest absolute Gasteiger partial charge is 0.326 e. The van der Waals surface area contributed by atoms with Gasteiger partial charge < -0.3 is 10.6 Å². The van der Waals surface area contributed by atoms with E-state index in [4.69, 9.17) is 0 Å². The zero-order valence-electron chi connectivity index (χ0n) is 9.92. The van der Waals surface area contributed by atoms with Crippen LogP contribution in [0.5, 0.6) is 0 Å². The van der Waals surface area contributed by atoms with Crippen molar-refractivity contribution in [2.75, 3.05) is 18.4 Å². The molecule has 0 saturated carbocycles. The number of rotatable bonds is 2. The van der Waals surface area contributed by atoms with Gasteiger partial charge in [0.05, 0.1) is 5.92 Å². The number of anilines is 1. The van der Waals surface area contributed by atoms with Crippen molar-refractivity contribution < 1.29 is 4.79 Å². The molecule has 0 aliphatic carbocycles. The van der Waals surface area contributed by atoms with E-state index in [-0.39, 0.29) is 11.8 Å². The van der Waals surface area contributed by atoms with Crippen LogP contribution >= 0.6 is 15.9 Å². The number of amides is 1. The molecular weight excluding hydrogens is 280 g/mol. The Morgan fingerprint density at radius 2 is 2.35 bits per heavy atom. The molecule has 17 heavy (non-hydrogen) atoms. The van der Waals surface area contributed by atoms with Crippen molar-refractivity contribution in [1.29, 1.82) is 0 Å². The molecule has 1 heterocycles. The maximum Gasteiger partial charge on any atom is 0.228 e. The highest BCUT2D eigenvalue weighted by Gasteiger charge is 2.21. The van der Waals surface area contributed by atoms with E-state index >= 15 is 0 Å². The van der Waals surface area contributed by atoms with Gasteiger partial charge in [0.2, 0.25) is 5.91 Å². The van der Waals surface area contributed by atoms with Crippen molar-refractivity contribution in [1.82, 2.24) is 5.32 Å². The summed E-state index contributed by atoms with van der Waals surface area (Å²) in [4.78, 5) is 12.1. The molecule has 1 aliphatic rings. The first-order chi connectivity index (χ1) is 8.16. The third kappa shape index (κ3) is 3.30. The number of aryl methyl sites for hydroxylation is 1. The summed E-state index contributed by atoms with van der Waals surface area (Å²) in [5.74, 6) is 0.223. The molecule has 0 aromatic heterocycles. The number of carbonyl (C=O) groups excluding carboxylic acids is 1. The lowest BCUT2D eigenvalue weighted by Gasteiger charge is -2.22. The Kier molecular flexibility index (Phi) is 4.18. The predicted molar refractivity (Wildman–Crippen MR) is 73.1 cm³/mol. The molecule has 1 atom stereocenters. The molecule has 3 nitrogen and oxygen atoms in total. The highest BCUT2D eigenvalue weighted by atomic mass is 79.9. The molecule has 1 aromatic rings. The first-order valence-electron chi connectivity index (χ1n) is 5.94. The van der Waals surface area contributed by atoms with Crippen molar-refractivity contribution in [2.45, 2.75) is 19.8 Å². The molecule has 1 aliphatic heterocycles. The minimum atomic E-state index is 0.0992. The molecule has 0 spiro atoms. The van der Waals surface area contributed by atoms with Crippen LogP contribution in [-0.4, -0.2) is 19.0 Å². The molecule has 4 heteroatoms. The Balaban J connectivity index is 2.04. The minimum absolute atomic E-state index is 0.0992. The van der Waals surface area contributed by atoms with E-state index in [2.05, 4.69) is 26.6 Å². The lowest BCUT2D eigenvalue weighted by atomic mass is 9.98. The van der Waals surface area contributed by atoms with Crippen molar-refractivity contribution in [3.63, 3.8) is 0 Å². The molecule has 92 valence electrons. The number of nitrogens with one attached hydrogen (secondary N) is 2. The average Bonchev–Trinajstić information content (AvgIpc) is 2.35. The summed E-state index contributed by atoms with van der Waals surface area (Å²) in [5.41, 5.74) is 1.99. The highest BCUT2D eigenvalue weighted by molar-refractivity contribution is 9.10. The fourth-order valence-corrected chi connectivity index (χ4v) is 2.40. The second-order valence-corrected chi connectivity index (χ2v) is 5.41. The van der Waals surface area contributed by atoms with Crippen molar-refractivity contribution in [3.8, 4) is 0 Å². The summed E-state index contributed by atoms with van der Waals surface area (Å²) in [6.45, 7) is 3.82. The van der Waals surface area contributed by atoms with Gasteiger partial charge in [-0.05, 0) is 44.0 Å². The molecule has 0 bridgehead atoms. The second kappa shape index (κ2) is 5.65. The number of benzene rings is 1. The number of piperidine rings is 1. The maximum atomic E-state index is 12.1. The zero-order valence-corrected chi connectivity index (χ0v) is 11.5. The van der Waals surface area contributed by atoms with Gasteiger partial charge in [-0.1, -0.05) is 22.0 Å². The summed E-state index contributed by atoms with van der Waals surface area (Å²) in [6.07, 6.45) is 2.06. The maximum absolute atomic E-state index is 12.1. The van der Waals surface area contributed by atoms with Crippen LogP contribution in [0, 0.1) is 12.8 Å². The van der Waals surface area contributed by atoms with Gasteiger partial charge in [0, 0.05) is 16.7 Å². The smallest absolute Gasteiger partial charge is 0.228 e. The molecule has 1 saturated heterocycles. The molecular formula is C13H17BrN2O. The van der Waals surface area contributed by atoms with Crippen molar-refractivity contribution in [3.05, 3.63) is 28.2 Å². The number of hydrogen-bond donors (Lipinski definition) is 2. The topological polar surface area (TPSA) is 41.1 Å². The van der Waals surface area contributed by atoms with E-state index < -0.39 is 0 Å². The van der Waals surface area contributed by atoms with Gasteiger partial charge >= 0.3 is 0 Å². The van der Waals surface area contributed by atoms with E-state index in [9.17, 15) is 4.79 Å². The van der Waals surface area contributed by atoms with Gasteiger partial charge in [0.15, 0.2) is 0 Å². The molecule has 0 radical (unpaired) electrons. The Morgan fingerprint density at radius 1 is 1.53 bits per heavy atom. The molecule has 0 unspecified atom stereocenters. The molecule has 2 N–H and O–H groups in total. The van der Waals surface area contributed by atoms with Crippen LogP contribution in [-0.2, 0) is 4.79 Å². The molecule has 1 aromatic carbocycles. The lowest BCUT2D eigenvalue weighted by molar-refractivity contribution is -0.120.